The van der Waals surface area contributed by atoms with Crippen molar-refractivity contribution in [3.63, 3.8) is 0 Å². The first kappa shape index (κ1) is 13.6. The minimum absolute atomic E-state index is 0.178. The number of carbonyl (C=O) groups excluding carboxylic acids is 1. The Balaban J connectivity index is 1.81. The molecule has 3 rings (SSSR count). The van der Waals surface area contributed by atoms with Crippen molar-refractivity contribution in [3.05, 3.63) is 29.3 Å². The van der Waals surface area contributed by atoms with Crippen molar-refractivity contribution < 1.29 is 9.53 Å². The number of methoxy groups -OCH3 is 1. The molecular formula is C17H23NO2. The number of ether oxygens (including phenoxy) is 1. The van der Waals surface area contributed by atoms with Crippen LogP contribution >= 0.6 is 0 Å². The zero-order chi connectivity index (χ0) is 14.1. The first-order valence-electron chi connectivity index (χ1n) is 7.62. The predicted octanol–water partition coefficient (Wildman–Crippen LogP) is 3.11. The Hall–Kier alpha value is -1.35. The summed E-state index contributed by atoms with van der Waals surface area (Å²) in [4.78, 5) is 12.8. The lowest BCUT2D eigenvalue weighted by Crippen LogP contribution is -2.50. The molecule has 3 heteroatoms. The molecule has 2 aliphatic heterocycles. The molecule has 108 valence electrons. The van der Waals surface area contributed by atoms with E-state index < -0.39 is 0 Å². The first-order valence-corrected chi connectivity index (χ1v) is 7.62. The average molecular weight is 273 g/mol. The van der Waals surface area contributed by atoms with E-state index in [1.807, 2.05) is 25.1 Å². The molecule has 2 atom stereocenters. The molecule has 2 heterocycles. The Morgan fingerprint density at radius 1 is 1.25 bits per heavy atom. The van der Waals surface area contributed by atoms with E-state index in [0.29, 0.717) is 17.9 Å². The van der Waals surface area contributed by atoms with Crippen molar-refractivity contribution in [3.8, 4) is 5.75 Å². The number of nitrogens with one attached hydrogen (secondary N) is 1. The second kappa shape index (κ2) is 5.57. The molecule has 0 aromatic heterocycles. The summed E-state index contributed by atoms with van der Waals surface area (Å²) in [5, 5.41) is 3.65. The Labute approximate surface area is 120 Å². The van der Waals surface area contributed by atoms with Gasteiger partial charge >= 0.3 is 0 Å². The number of carbonyl (C=O) groups is 1. The van der Waals surface area contributed by atoms with Crippen LogP contribution in [0, 0.1) is 12.8 Å². The van der Waals surface area contributed by atoms with Crippen LogP contribution in [-0.2, 0) is 0 Å². The normalized spacial score (nSPS) is 29.0. The predicted molar refractivity (Wildman–Crippen MR) is 79.3 cm³/mol. The third-order valence-corrected chi connectivity index (χ3v) is 4.80. The lowest BCUT2D eigenvalue weighted by molar-refractivity contribution is 0.0824. The van der Waals surface area contributed by atoms with E-state index in [-0.39, 0.29) is 5.92 Å². The summed E-state index contributed by atoms with van der Waals surface area (Å²) in [5.41, 5.74) is 1.90. The zero-order valence-corrected chi connectivity index (χ0v) is 12.3. The fourth-order valence-corrected chi connectivity index (χ4v) is 3.69. The molecule has 0 radical (unpaired) electrons. The standard InChI is InChI=1S/C17H23NO2/c1-11-6-7-15(20-2)10-16(11)17(19)12-8-13-4-3-5-14(9-12)18-13/h6-7,10,12-14,18H,3-5,8-9H2,1-2H3. The highest BCUT2D eigenvalue weighted by molar-refractivity contribution is 5.99. The van der Waals surface area contributed by atoms with E-state index in [9.17, 15) is 4.79 Å². The van der Waals surface area contributed by atoms with Crippen LogP contribution in [0.5, 0.6) is 5.75 Å². The van der Waals surface area contributed by atoms with E-state index in [4.69, 9.17) is 4.74 Å². The van der Waals surface area contributed by atoms with E-state index in [2.05, 4.69) is 5.32 Å². The second-order valence-electron chi connectivity index (χ2n) is 6.20. The van der Waals surface area contributed by atoms with Crippen molar-refractivity contribution in [2.75, 3.05) is 7.11 Å². The van der Waals surface area contributed by atoms with Crippen LogP contribution < -0.4 is 10.1 Å². The summed E-state index contributed by atoms with van der Waals surface area (Å²) < 4.78 is 5.26. The second-order valence-corrected chi connectivity index (χ2v) is 6.20. The fraction of sp³-hybridized carbons (Fsp3) is 0.588. The highest BCUT2D eigenvalue weighted by Gasteiger charge is 2.35. The molecule has 0 saturated carbocycles. The van der Waals surface area contributed by atoms with Gasteiger partial charge in [0.05, 0.1) is 7.11 Å². The summed E-state index contributed by atoms with van der Waals surface area (Å²) in [6, 6.07) is 6.89. The number of ketones is 1. The van der Waals surface area contributed by atoms with Crippen LogP contribution in [0.15, 0.2) is 18.2 Å². The van der Waals surface area contributed by atoms with Crippen LogP contribution in [0.3, 0.4) is 0 Å². The van der Waals surface area contributed by atoms with Gasteiger partial charge < -0.3 is 10.1 Å². The maximum Gasteiger partial charge on any atom is 0.166 e. The van der Waals surface area contributed by atoms with Gasteiger partial charge in [-0.2, -0.15) is 0 Å². The van der Waals surface area contributed by atoms with Gasteiger partial charge in [0.15, 0.2) is 5.78 Å². The van der Waals surface area contributed by atoms with Crippen LogP contribution in [0.25, 0.3) is 0 Å². The Kier molecular flexibility index (Phi) is 3.79. The van der Waals surface area contributed by atoms with E-state index in [1.165, 1.54) is 19.3 Å². The summed E-state index contributed by atoms with van der Waals surface area (Å²) in [7, 11) is 1.65. The third kappa shape index (κ3) is 2.59. The van der Waals surface area contributed by atoms with Gasteiger partial charge in [-0.25, -0.2) is 0 Å². The lowest BCUT2D eigenvalue weighted by Gasteiger charge is -2.39. The molecule has 20 heavy (non-hydrogen) atoms. The van der Waals surface area contributed by atoms with Gasteiger partial charge in [0.2, 0.25) is 0 Å². The molecule has 0 spiro atoms. The van der Waals surface area contributed by atoms with Crippen molar-refractivity contribution in [1.82, 2.24) is 5.32 Å². The minimum atomic E-state index is 0.178. The van der Waals surface area contributed by atoms with Gasteiger partial charge in [-0.05, 0) is 50.3 Å². The molecule has 3 nitrogen and oxygen atoms in total. The molecule has 1 aromatic carbocycles. The molecule has 2 bridgehead atoms. The first-order chi connectivity index (χ1) is 9.67. The fourth-order valence-electron chi connectivity index (χ4n) is 3.69. The molecule has 2 aliphatic rings. The molecule has 2 unspecified atom stereocenters. The molecule has 2 fully saturated rings. The van der Waals surface area contributed by atoms with E-state index in [0.717, 1.165) is 29.7 Å². The van der Waals surface area contributed by atoms with Gasteiger partial charge in [-0.3, -0.25) is 4.79 Å². The number of hydrogen-bond donors (Lipinski definition) is 1. The van der Waals surface area contributed by atoms with E-state index >= 15 is 0 Å². The molecular weight excluding hydrogens is 250 g/mol. The van der Waals surface area contributed by atoms with Crippen molar-refractivity contribution in [2.45, 2.75) is 51.1 Å². The molecule has 0 amide bonds. The topological polar surface area (TPSA) is 38.3 Å². The Morgan fingerprint density at radius 3 is 2.60 bits per heavy atom. The van der Waals surface area contributed by atoms with Crippen molar-refractivity contribution in [1.29, 1.82) is 0 Å². The average Bonchev–Trinajstić information content (AvgIpc) is 2.46. The monoisotopic (exact) mass is 273 g/mol. The highest BCUT2D eigenvalue weighted by atomic mass is 16.5. The van der Waals surface area contributed by atoms with Crippen LogP contribution in [0.4, 0.5) is 0 Å². The van der Waals surface area contributed by atoms with Crippen LogP contribution in [-0.4, -0.2) is 25.0 Å². The number of fused-ring (bicyclic) bond motifs is 2. The maximum absolute atomic E-state index is 12.8. The smallest absolute Gasteiger partial charge is 0.166 e. The minimum Gasteiger partial charge on any atom is -0.497 e. The molecule has 1 aromatic rings. The van der Waals surface area contributed by atoms with Gasteiger partial charge in [-0.15, -0.1) is 0 Å². The summed E-state index contributed by atoms with van der Waals surface area (Å²) in [5.74, 6) is 1.25. The highest BCUT2D eigenvalue weighted by Crippen LogP contribution is 2.32. The summed E-state index contributed by atoms with van der Waals surface area (Å²) >= 11 is 0. The maximum atomic E-state index is 12.8. The Morgan fingerprint density at radius 2 is 1.95 bits per heavy atom. The Bertz CT molecular complexity index is 500. The number of benzene rings is 1. The largest absolute Gasteiger partial charge is 0.497 e. The molecule has 0 aliphatic carbocycles. The van der Waals surface area contributed by atoms with Gasteiger partial charge in [0, 0.05) is 23.6 Å². The molecule has 1 N–H and O–H groups in total. The van der Waals surface area contributed by atoms with Crippen LogP contribution in [0.2, 0.25) is 0 Å². The van der Waals surface area contributed by atoms with Crippen molar-refractivity contribution >= 4 is 5.78 Å². The number of piperidine rings is 2. The zero-order valence-electron chi connectivity index (χ0n) is 12.3. The van der Waals surface area contributed by atoms with E-state index in [1.54, 1.807) is 7.11 Å². The molecule has 2 saturated heterocycles. The number of rotatable bonds is 3. The van der Waals surface area contributed by atoms with Crippen molar-refractivity contribution in [2.24, 2.45) is 5.92 Å². The van der Waals surface area contributed by atoms with Crippen LogP contribution in [0.1, 0.15) is 48.0 Å². The van der Waals surface area contributed by atoms with Gasteiger partial charge in [0.25, 0.3) is 0 Å². The SMILES string of the molecule is COc1ccc(C)c(C(=O)C2CC3CCCC(C2)N3)c1. The summed E-state index contributed by atoms with van der Waals surface area (Å²) in [6.45, 7) is 2.01. The van der Waals surface area contributed by atoms with Gasteiger partial charge in [-0.1, -0.05) is 12.5 Å². The quantitative estimate of drug-likeness (QED) is 0.860. The number of hydrogen-bond acceptors (Lipinski definition) is 3. The lowest BCUT2D eigenvalue weighted by atomic mass is 9.77. The number of aryl methyl sites for hydroxylation is 1. The number of Topliss-reactive ketones (excluding diaryl/α,β-unsaturated/α-hetero) is 1. The third-order valence-electron chi connectivity index (χ3n) is 4.80. The van der Waals surface area contributed by atoms with Gasteiger partial charge in [0.1, 0.15) is 5.75 Å². The summed E-state index contributed by atoms with van der Waals surface area (Å²) in [6.07, 6.45) is 5.73.